The van der Waals surface area contributed by atoms with Gasteiger partial charge in [-0.05, 0) is 50.1 Å². The molecule has 0 atom stereocenters. The van der Waals surface area contributed by atoms with Crippen LogP contribution in [0, 0.1) is 11.8 Å². The van der Waals surface area contributed by atoms with Crippen LogP contribution in [0.2, 0.25) is 0 Å². The van der Waals surface area contributed by atoms with Crippen LogP contribution in [0.25, 0.3) is 10.9 Å². The average molecular weight is 254 g/mol. The molecule has 1 fully saturated rings. The number of hydrogen-bond acceptors (Lipinski definition) is 3. The van der Waals surface area contributed by atoms with Crippen LogP contribution in [0.4, 0.5) is 5.69 Å². The topological polar surface area (TPSA) is 57.9 Å². The van der Waals surface area contributed by atoms with E-state index < -0.39 is 0 Å². The lowest BCUT2D eigenvalue weighted by atomic mass is 10.1. The first-order chi connectivity index (χ1) is 9.33. The predicted molar refractivity (Wildman–Crippen MR) is 77.7 cm³/mol. The highest BCUT2D eigenvalue weighted by atomic mass is 15.1. The molecular formula is C15H18N4. The molecule has 3 rings (SSSR count). The predicted octanol–water partition coefficient (Wildman–Crippen LogP) is 1.98. The molecule has 3 N–H and O–H groups in total. The van der Waals surface area contributed by atoms with Gasteiger partial charge in [0.25, 0.3) is 0 Å². The van der Waals surface area contributed by atoms with E-state index in [-0.39, 0.29) is 0 Å². The molecule has 0 spiro atoms. The van der Waals surface area contributed by atoms with Gasteiger partial charge in [0.1, 0.15) is 5.69 Å². The summed E-state index contributed by atoms with van der Waals surface area (Å²) >= 11 is 0. The molecule has 19 heavy (non-hydrogen) atoms. The Labute approximate surface area is 113 Å². The van der Waals surface area contributed by atoms with Gasteiger partial charge < -0.3 is 5.73 Å². The number of hydrogen-bond donors (Lipinski definition) is 2. The Kier molecular flexibility index (Phi) is 3.39. The van der Waals surface area contributed by atoms with Crippen molar-refractivity contribution in [3.05, 3.63) is 23.9 Å². The maximum absolute atomic E-state index is 5.80. The average Bonchev–Trinajstić information content (AvgIpc) is 2.83. The van der Waals surface area contributed by atoms with Crippen molar-refractivity contribution in [3.8, 4) is 11.8 Å². The molecule has 2 heterocycles. The van der Waals surface area contributed by atoms with E-state index in [2.05, 4.69) is 26.9 Å². The van der Waals surface area contributed by atoms with Crippen molar-refractivity contribution in [3.63, 3.8) is 0 Å². The summed E-state index contributed by atoms with van der Waals surface area (Å²) in [5.41, 5.74) is 8.32. The molecule has 2 aromatic rings. The van der Waals surface area contributed by atoms with Gasteiger partial charge in [0.2, 0.25) is 0 Å². The van der Waals surface area contributed by atoms with E-state index in [1.807, 2.05) is 18.2 Å². The van der Waals surface area contributed by atoms with Crippen LogP contribution in [0.1, 0.15) is 25.0 Å². The number of likely N-dealkylation sites (tertiary alicyclic amines) is 1. The zero-order chi connectivity index (χ0) is 13.1. The highest BCUT2D eigenvalue weighted by Crippen LogP contribution is 2.18. The quantitative estimate of drug-likeness (QED) is 0.604. The van der Waals surface area contributed by atoms with Crippen molar-refractivity contribution in [2.45, 2.75) is 19.3 Å². The second-order valence-electron chi connectivity index (χ2n) is 5.02. The lowest BCUT2D eigenvalue weighted by molar-refractivity contribution is 0.255. The number of rotatable bonds is 1. The molecule has 1 aliphatic heterocycles. The highest BCUT2D eigenvalue weighted by molar-refractivity contribution is 5.86. The fourth-order valence-corrected chi connectivity index (χ4v) is 2.48. The summed E-state index contributed by atoms with van der Waals surface area (Å²) in [6, 6.07) is 5.72. The molecule has 0 radical (unpaired) electrons. The van der Waals surface area contributed by atoms with Gasteiger partial charge in [-0.1, -0.05) is 12.3 Å². The second kappa shape index (κ2) is 5.33. The minimum atomic E-state index is 0.744. The first-order valence-corrected chi connectivity index (χ1v) is 6.78. The van der Waals surface area contributed by atoms with E-state index >= 15 is 0 Å². The summed E-state index contributed by atoms with van der Waals surface area (Å²) in [5, 5.41) is 8.23. The minimum absolute atomic E-state index is 0.744. The molecule has 1 aliphatic rings. The zero-order valence-corrected chi connectivity index (χ0v) is 10.9. The number of fused-ring (bicyclic) bond motifs is 1. The molecule has 0 bridgehead atoms. The number of anilines is 1. The normalized spacial score (nSPS) is 16.2. The van der Waals surface area contributed by atoms with Gasteiger partial charge >= 0.3 is 0 Å². The summed E-state index contributed by atoms with van der Waals surface area (Å²) < 4.78 is 0. The van der Waals surface area contributed by atoms with Crippen LogP contribution in [-0.4, -0.2) is 34.7 Å². The van der Waals surface area contributed by atoms with Crippen molar-refractivity contribution in [1.82, 2.24) is 15.1 Å². The van der Waals surface area contributed by atoms with Gasteiger partial charge in [0, 0.05) is 11.1 Å². The van der Waals surface area contributed by atoms with E-state index in [1.54, 1.807) is 0 Å². The van der Waals surface area contributed by atoms with Crippen LogP contribution >= 0.6 is 0 Å². The van der Waals surface area contributed by atoms with Crippen molar-refractivity contribution in [2.75, 3.05) is 25.4 Å². The van der Waals surface area contributed by atoms with Crippen molar-refractivity contribution < 1.29 is 0 Å². The molecule has 1 aromatic carbocycles. The van der Waals surface area contributed by atoms with Crippen LogP contribution in [0.15, 0.2) is 18.2 Å². The van der Waals surface area contributed by atoms with Crippen LogP contribution in [0.5, 0.6) is 0 Å². The molecule has 0 unspecified atom stereocenters. The van der Waals surface area contributed by atoms with E-state index in [9.17, 15) is 0 Å². The summed E-state index contributed by atoms with van der Waals surface area (Å²) in [6.07, 6.45) is 3.94. The third-order valence-electron chi connectivity index (χ3n) is 3.55. The smallest absolute Gasteiger partial charge is 0.143 e. The number of nitrogens with zero attached hydrogens (tertiary/aromatic N) is 2. The molecule has 0 saturated carbocycles. The zero-order valence-electron chi connectivity index (χ0n) is 10.9. The number of H-pyrrole nitrogens is 1. The van der Waals surface area contributed by atoms with Crippen LogP contribution in [0.3, 0.4) is 0 Å². The number of nitrogen functional groups attached to an aromatic ring is 1. The molecule has 1 saturated heterocycles. The first kappa shape index (κ1) is 12.1. The van der Waals surface area contributed by atoms with Crippen LogP contribution in [-0.2, 0) is 0 Å². The Morgan fingerprint density at radius 1 is 1.26 bits per heavy atom. The number of aromatic nitrogens is 2. The molecule has 4 nitrogen and oxygen atoms in total. The molecule has 0 amide bonds. The van der Waals surface area contributed by atoms with Gasteiger partial charge in [0.15, 0.2) is 0 Å². The number of piperidine rings is 1. The second-order valence-corrected chi connectivity index (χ2v) is 5.02. The summed E-state index contributed by atoms with van der Waals surface area (Å²) in [6.45, 7) is 3.17. The lowest BCUT2D eigenvalue weighted by Gasteiger charge is -2.23. The van der Waals surface area contributed by atoms with Gasteiger partial charge in [-0.15, -0.1) is 0 Å². The van der Waals surface area contributed by atoms with E-state index in [0.717, 1.165) is 28.8 Å². The standard InChI is InChI=1S/C15H18N4/c16-12-6-7-15-13(11-12)14(17-18-15)5-4-10-19-8-2-1-3-9-19/h6-7,11H,1-3,8-10,16H2,(H,17,18). The summed E-state index contributed by atoms with van der Waals surface area (Å²) in [4.78, 5) is 2.40. The van der Waals surface area contributed by atoms with E-state index in [1.165, 1.54) is 32.4 Å². The van der Waals surface area contributed by atoms with E-state index in [0.29, 0.717) is 0 Å². The number of benzene rings is 1. The minimum Gasteiger partial charge on any atom is -0.399 e. The SMILES string of the molecule is Nc1ccc2[nH]nc(C#CCN3CCCCC3)c2c1. The fourth-order valence-electron chi connectivity index (χ4n) is 2.48. The maximum atomic E-state index is 5.80. The maximum Gasteiger partial charge on any atom is 0.143 e. The Morgan fingerprint density at radius 3 is 2.95 bits per heavy atom. The van der Waals surface area contributed by atoms with Gasteiger partial charge in [-0.2, -0.15) is 5.10 Å². The number of aromatic amines is 1. The number of nitrogens with one attached hydrogen (secondary N) is 1. The van der Waals surface area contributed by atoms with Crippen molar-refractivity contribution >= 4 is 16.6 Å². The van der Waals surface area contributed by atoms with Crippen LogP contribution < -0.4 is 5.73 Å². The van der Waals surface area contributed by atoms with Crippen molar-refractivity contribution in [2.24, 2.45) is 0 Å². The van der Waals surface area contributed by atoms with E-state index in [4.69, 9.17) is 5.73 Å². The Hall–Kier alpha value is -1.99. The Morgan fingerprint density at radius 2 is 2.11 bits per heavy atom. The third kappa shape index (κ3) is 2.72. The Balaban J connectivity index is 1.76. The third-order valence-corrected chi connectivity index (χ3v) is 3.55. The summed E-state index contributed by atoms with van der Waals surface area (Å²) in [7, 11) is 0. The molecule has 0 aliphatic carbocycles. The first-order valence-electron chi connectivity index (χ1n) is 6.78. The molecular weight excluding hydrogens is 236 g/mol. The monoisotopic (exact) mass is 254 g/mol. The van der Waals surface area contributed by atoms with Gasteiger partial charge in [-0.3, -0.25) is 10.00 Å². The molecule has 98 valence electrons. The highest BCUT2D eigenvalue weighted by Gasteiger charge is 2.08. The summed E-state index contributed by atoms with van der Waals surface area (Å²) in [5.74, 6) is 6.37. The van der Waals surface area contributed by atoms with Crippen molar-refractivity contribution in [1.29, 1.82) is 0 Å². The van der Waals surface area contributed by atoms with Gasteiger partial charge in [0.05, 0.1) is 12.1 Å². The Bertz CT molecular complexity index is 626. The van der Waals surface area contributed by atoms with Gasteiger partial charge in [-0.25, -0.2) is 0 Å². The fraction of sp³-hybridized carbons (Fsp3) is 0.400. The number of nitrogens with two attached hydrogens (primary N) is 1. The molecule has 4 heteroatoms. The largest absolute Gasteiger partial charge is 0.399 e. The lowest BCUT2D eigenvalue weighted by Crippen LogP contribution is -2.29. The molecule has 1 aromatic heterocycles.